The smallest absolute Gasteiger partial charge is 0.0574 e. The van der Waals surface area contributed by atoms with Gasteiger partial charge in [-0.25, -0.2) is 0 Å². The molecule has 0 bridgehead atoms. The first kappa shape index (κ1) is 9.92. The van der Waals surface area contributed by atoms with E-state index in [1.54, 1.807) is 0 Å². The molecule has 0 unspecified atom stereocenters. The van der Waals surface area contributed by atoms with Gasteiger partial charge in [-0.05, 0) is 40.6 Å². The zero-order valence-corrected chi connectivity index (χ0v) is 9.45. The summed E-state index contributed by atoms with van der Waals surface area (Å²) in [6, 6.07) is 4.08. The number of pyridine rings is 1. The van der Waals surface area contributed by atoms with E-state index in [9.17, 15) is 0 Å². The topological polar surface area (TPSA) is 38.9 Å². The lowest BCUT2D eigenvalue weighted by molar-refractivity contribution is 0.503. The van der Waals surface area contributed by atoms with Gasteiger partial charge >= 0.3 is 0 Å². The van der Waals surface area contributed by atoms with Gasteiger partial charge in [-0.2, -0.15) is 0 Å². The molecule has 3 heteroatoms. The van der Waals surface area contributed by atoms with E-state index >= 15 is 0 Å². The van der Waals surface area contributed by atoms with Crippen LogP contribution in [0.1, 0.15) is 25.6 Å². The van der Waals surface area contributed by atoms with Gasteiger partial charge in [-0.15, -0.1) is 0 Å². The number of nitrogens with two attached hydrogens (primary N) is 1. The van der Waals surface area contributed by atoms with Crippen molar-refractivity contribution in [3.8, 4) is 0 Å². The van der Waals surface area contributed by atoms with Crippen LogP contribution in [0.4, 0.5) is 0 Å². The number of rotatable bonds is 2. The van der Waals surface area contributed by atoms with Gasteiger partial charge in [-0.3, -0.25) is 4.98 Å². The minimum absolute atomic E-state index is 0.0574. The van der Waals surface area contributed by atoms with Gasteiger partial charge in [0.15, 0.2) is 0 Å². The molecule has 0 saturated heterocycles. The Morgan fingerprint density at radius 1 is 1.42 bits per heavy atom. The van der Waals surface area contributed by atoms with Gasteiger partial charge in [0.05, 0.1) is 5.69 Å². The van der Waals surface area contributed by atoms with Crippen molar-refractivity contribution >= 4 is 22.6 Å². The summed E-state index contributed by atoms with van der Waals surface area (Å²) in [6.45, 7) is 4.20. The van der Waals surface area contributed by atoms with Crippen LogP contribution in [-0.4, -0.2) is 4.98 Å². The number of halogens is 1. The van der Waals surface area contributed by atoms with E-state index in [1.807, 2.05) is 18.3 Å². The van der Waals surface area contributed by atoms with Crippen LogP contribution in [-0.2, 0) is 0 Å². The SMILES string of the molecule is CC(C)[C@@H](N)c1ccc(I)cn1. The van der Waals surface area contributed by atoms with Crippen LogP contribution in [0.15, 0.2) is 18.3 Å². The maximum absolute atomic E-state index is 5.92. The molecule has 0 aromatic carbocycles. The lowest BCUT2D eigenvalue weighted by Crippen LogP contribution is -2.17. The number of hydrogen-bond acceptors (Lipinski definition) is 2. The summed E-state index contributed by atoms with van der Waals surface area (Å²) >= 11 is 2.23. The second-order valence-electron chi connectivity index (χ2n) is 3.17. The molecule has 2 N–H and O–H groups in total. The molecule has 1 heterocycles. The van der Waals surface area contributed by atoms with E-state index < -0.39 is 0 Å². The lowest BCUT2D eigenvalue weighted by Gasteiger charge is -2.14. The molecule has 0 aliphatic rings. The molecule has 0 aliphatic carbocycles. The van der Waals surface area contributed by atoms with Crippen molar-refractivity contribution in [1.29, 1.82) is 0 Å². The van der Waals surface area contributed by atoms with E-state index in [2.05, 4.69) is 41.4 Å². The summed E-state index contributed by atoms with van der Waals surface area (Å²) in [4.78, 5) is 4.27. The van der Waals surface area contributed by atoms with Crippen LogP contribution in [0, 0.1) is 9.49 Å². The molecule has 0 saturated carbocycles. The molecule has 0 spiro atoms. The third-order valence-electron chi connectivity index (χ3n) is 1.81. The summed E-state index contributed by atoms with van der Waals surface area (Å²) in [5, 5.41) is 0. The van der Waals surface area contributed by atoms with Crippen molar-refractivity contribution in [2.24, 2.45) is 11.7 Å². The zero-order valence-electron chi connectivity index (χ0n) is 7.29. The Bertz CT molecular complexity index is 243. The number of hydrogen-bond donors (Lipinski definition) is 1. The van der Waals surface area contributed by atoms with Gasteiger partial charge < -0.3 is 5.73 Å². The van der Waals surface area contributed by atoms with Crippen molar-refractivity contribution in [2.45, 2.75) is 19.9 Å². The zero-order chi connectivity index (χ0) is 9.14. The quantitative estimate of drug-likeness (QED) is 0.842. The Labute approximate surface area is 86.7 Å². The van der Waals surface area contributed by atoms with E-state index in [1.165, 1.54) is 0 Å². The summed E-state index contributed by atoms with van der Waals surface area (Å²) in [7, 11) is 0. The molecule has 0 amide bonds. The Morgan fingerprint density at radius 2 is 2.08 bits per heavy atom. The van der Waals surface area contributed by atoms with Crippen LogP contribution in [0.25, 0.3) is 0 Å². The second kappa shape index (κ2) is 4.18. The highest BCUT2D eigenvalue weighted by atomic mass is 127. The van der Waals surface area contributed by atoms with Crippen LogP contribution in [0.3, 0.4) is 0 Å². The molecule has 66 valence electrons. The maximum Gasteiger partial charge on any atom is 0.0574 e. The van der Waals surface area contributed by atoms with Crippen LogP contribution >= 0.6 is 22.6 Å². The van der Waals surface area contributed by atoms with Crippen LogP contribution in [0.2, 0.25) is 0 Å². The van der Waals surface area contributed by atoms with E-state index in [4.69, 9.17) is 5.73 Å². The van der Waals surface area contributed by atoms with Crippen molar-refractivity contribution in [2.75, 3.05) is 0 Å². The fourth-order valence-electron chi connectivity index (χ4n) is 0.926. The van der Waals surface area contributed by atoms with Gasteiger partial charge in [0, 0.05) is 15.8 Å². The van der Waals surface area contributed by atoms with Crippen LogP contribution in [0.5, 0.6) is 0 Å². The summed E-state index contributed by atoms with van der Waals surface area (Å²) in [6.07, 6.45) is 1.85. The lowest BCUT2D eigenvalue weighted by atomic mass is 10.0. The summed E-state index contributed by atoms with van der Waals surface area (Å²) in [5.41, 5.74) is 6.90. The molecule has 0 radical (unpaired) electrons. The molecule has 0 fully saturated rings. The Morgan fingerprint density at radius 3 is 2.50 bits per heavy atom. The Balaban J connectivity index is 2.82. The summed E-state index contributed by atoms with van der Waals surface area (Å²) < 4.78 is 1.15. The highest BCUT2D eigenvalue weighted by Gasteiger charge is 2.10. The molecule has 1 atom stereocenters. The molecule has 1 rings (SSSR count). The second-order valence-corrected chi connectivity index (χ2v) is 4.42. The predicted molar refractivity (Wildman–Crippen MR) is 58.7 cm³/mol. The minimum atomic E-state index is 0.0574. The fraction of sp³-hybridized carbons (Fsp3) is 0.444. The largest absolute Gasteiger partial charge is 0.322 e. The standard InChI is InChI=1S/C9H13IN2/c1-6(2)9(11)8-4-3-7(10)5-12-8/h3-6,9H,11H2,1-2H3/t9-/m1/s1. The van der Waals surface area contributed by atoms with E-state index in [0.717, 1.165) is 9.26 Å². The highest BCUT2D eigenvalue weighted by Crippen LogP contribution is 2.16. The normalized spacial score (nSPS) is 13.4. The van der Waals surface area contributed by atoms with Crippen molar-refractivity contribution in [1.82, 2.24) is 4.98 Å². The third kappa shape index (κ3) is 2.42. The summed E-state index contributed by atoms with van der Waals surface area (Å²) in [5.74, 6) is 0.442. The predicted octanol–water partition coefficient (Wildman–Crippen LogP) is 2.34. The molecule has 12 heavy (non-hydrogen) atoms. The molecular weight excluding hydrogens is 263 g/mol. The Kier molecular flexibility index (Phi) is 3.46. The van der Waals surface area contributed by atoms with Gasteiger partial charge in [0.25, 0.3) is 0 Å². The van der Waals surface area contributed by atoms with Crippen molar-refractivity contribution in [3.05, 3.63) is 27.6 Å². The first-order chi connectivity index (χ1) is 5.61. The molecule has 1 aromatic rings. The van der Waals surface area contributed by atoms with Crippen molar-refractivity contribution in [3.63, 3.8) is 0 Å². The molecule has 0 aliphatic heterocycles. The number of aromatic nitrogens is 1. The van der Waals surface area contributed by atoms with E-state index in [0.29, 0.717) is 5.92 Å². The van der Waals surface area contributed by atoms with Gasteiger partial charge in [0.1, 0.15) is 0 Å². The molecule has 2 nitrogen and oxygen atoms in total. The first-order valence-corrected chi connectivity index (χ1v) is 5.06. The van der Waals surface area contributed by atoms with Gasteiger partial charge in [0.2, 0.25) is 0 Å². The first-order valence-electron chi connectivity index (χ1n) is 3.98. The van der Waals surface area contributed by atoms with Crippen LogP contribution < -0.4 is 5.73 Å². The minimum Gasteiger partial charge on any atom is -0.322 e. The fourth-order valence-corrected chi connectivity index (χ4v) is 1.25. The molecular formula is C9H13IN2. The third-order valence-corrected chi connectivity index (χ3v) is 2.45. The van der Waals surface area contributed by atoms with E-state index in [-0.39, 0.29) is 6.04 Å². The van der Waals surface area contributed by atoms with Crippen molar-refractivity contribution < 1.29 is 0 Å². The Hall–Kier alpha value is -0.160. The number of nitrogens with zero attached hydrogens (tertiary/aromatic N) is 1. The average molecular weight is 276 g/mol. The maximum atomic E-state index is 5.92. The van der Waals surface area contributed by atoms with Gasteiger partial charge in [-0.1, -0.05) is 13.8 Å². The monoisotopic (exact) mass is 276 g/mol. The highest BCUT2D eigenvalue weighted by molar-refractivity contribution is 14.1. The average Bonchev–Trinajstić information content (AvgIpc) is 2.04. The molecule has 1 aromatic heterocycles.